The molecule has 0 atom stereocenters. The molecule has 0 unspecified atom stereocenters. The molecule has 0 nitrogen and oxygen atoms in total. The Hall–Kier alpha value is 0.455. The summed E-state index contributed by atoms with van der Waals surface area (Å²) in [6.07, 6.45) is 0.420. The van der Waals surface area contributed by atoms with Gasteiger partial charge in [0.05, 0.1) is 21.5 Å². The predicted molar refractivity (Wildman–Crippen MR) is 85.6 cm³/mol. The van der Waals surface area contributed by atoms with E-state index in [1.807, 2.05) is 0 Å². The minimum atomic E-state index is 0.259. The summed E-state index contributed by atoms with van der Waals surface area (Å²) >= 11 is 0. The first-order valence-corrected chi connectivity index (χ1v) is 6.15. The van der Waals surface area contributed by atoms with Gasteiger partial charge in [0.25, 0.3) is 0 Å². The molecule has 0 aromatic rings. The van der Waals surface area contributed by atoms with Gasteiger partial charge in [0, 0.05) is 27.6 Å². The Labute approximate surface area is 108 Å². The maximum Gasteiger partial charge on any atom is 0.0619 e. The Morgan fingerprint density at radius 1 is 0.688 bits per heavy atom. The van der Waals surface area contributed by atoms with E-state index in [0.29, 0.717) is 6.39 Å². The molecule has 0 aromatic heterocycles. The van der Waals surface area contributed by atoms with Crippen molar-refractivity contribution in [3.63, 3.8) is 0 Å². The van der Waals surface area contributed by atoms with E-state index in [1.54, 1.807) is 0 Å². The molecule has 0 spiro atoms. The molecule has 0 aliphatic rings. The van der Waals surface area contributed by atoms with Gasteiger partial charge in [-0.25, -0.2) is 0 Å². The van der Waals surface area contributed by atoms with Crippen molar-refractivity contribution in [2.45, 2.75) is 59.0 Å². The fraction of sp³-hybridized carbons (Fsp3) is 1.00. The average molecular weight is 205 g/mol. The lowest BCUT2D eigenvalue weighted by molar-refractivity contribution is 0.762. The monoisotopic (exact) mass is 206 g/mol. The van der Waals surface area contributed by atoms with Gasteiger partial charge in [0.15, 0.2) is 0 Å². The Bertz CT molecular complexity index is 163. The van der Waals surface area contributed by atoms with Crippen molar-refractivity contribution >= 4 is 49.1 Å². The zero-order chi connectivity index (χ0) is 12.8. The second kappa shape index (κ2) is 7.01. The summed E-state index contributed by atoms with van der Waals surface area (Å²) < 4.78 is 0. The van der Waals surface area contributed by atoms with Crippen molar-refractivity contribution < 1.29 is 0 Å². The smallest absolute Gasteiger partial charge is 0.0619 e. The molecule has 0 saturated carbocycles. The second-order valence-electron chi connectivity index (χ2n) is 6.55. The Kier molecular flexibility index (Phi) is 7.21. The summed E-state index contributed by atoms with van der Waals surface area (Å²) in [5.74, 6) is 0. The number of hydrogen-bond acceptors (Lipinski definition) is 0. The van der Waals surface area contributed by atoms with Crippen LogP contribution in [0.25, 0.3) is 0 Å². The van der Waals surface area contributed by atoms with E-state index in [9.17, 15) is 0 Å². The molecule has 0 amide bonds. The molecule has 0 rings (SSSR count). The lowest BCUT2D eigenvalue weighted by Crippen LogP contribution is -2.47. The summed E-state index contributed by atoms with van der Waals surface area (Å²) in [6, 6.07) is 0. The molecule has 0 fully saturated rings. The molecule has 0 aromatic carbocycles. The van der Waals surface area contributed by atoms with Crippen LogP contribution >= 0.6 is 0 Å². The van der Waals surface area contributed by atoms with E-state index >= 15 is 0 Å². The van der Waals surface area contributed by atoms with Crippen LogP contribution in [0.2, 0.25) is 17.5 Å². The highest BCUT2D eigenvalue weighted by atomic mass is 13.9. The molecular formula is C9H21B7. The van der Waals surface area contributed by atoms with E-state index in [0.717, 1.165) is 0 Å². The molecule has 0 aliphatic carbocycles. The van der Waals surface area contributed by atoms with Crippen molar-refractivity contribution in [1.82, 2.24) is 0 Å². The lowest BCUT2D eigenvalue weighted by atomic mass is 8.76. The van der Waals surface area contributed by atoms with E-state index in [-0.39, 0.29) is 10.6 Å². The van der Waals surface area contributed by atoms with E-state index in [2.05, 4.69) is 91.1 Å². The molecule has 0 heterocycles. The second-order valence-corrected chi connectivity index (χ2v) is 6.55. The SMILES string of the molecule is C[B][B]B([B][B]C(C)(C)C)[B][B]C(C)(C)C. The highest BCUT2D eigenvalue weighted by Crippen LogP contribution is 2.20. The molecule has 16 heavy (non-hydrogen) atoms. The summed E-state index contributed by atoms with van der Waals surface area (Å²) in [5, 5.41) is 0.519. The third kappa shape index (κ3) is 11.0. The number of hydrogen-bond donors (Lipinski definition) is 0. The van der Waals surface area contributed by atoms with Crippen LogP contribution in [0.4, 0.5) is 0 Å². The topological polar surface area (TPSA) is 0 Å². The molecule has 0 N–H and O–H groups in total. The van der Waals surface area contributed by atoms with Crippen LogP contribution < -0.4 is 0 Å². The fourth-order valence-electron chi connectivity index (χ4n) is 1.21. The third-order valence-corrected chi connectivity index (χ3v) is 2.05. The first-order valence-electron chi connectivity index (χ1n) is 6.15. The zero-order valence-electron chi connectivity index (χ0n) is 12.0. The summed E-state index contributed by atoms with van der Waals surface area (Å²) in [7, 11) is 13.5. The molecule has 6 radical (unpaired) electrons. The van der Waals surface area contributed by atoms with Gasteiger partial charge in [0.1, 0.15) is 0 Å². The molecule has 0 saturated heterocycles. The molecule has 0 bridgehead atoms. The van der Waals surface area contributed by atoms with Crippen molar-refractivity contribution in [3.05, 3.63) is 0 Å². The summed E-state index contributed by atoms with van der Waals surface area (Å²) in [4.78, 5) is 0. The zero-order valence-corrected chi connectivity index (χ0v) is 12.0. The summed E-state index contributed by atoms with van der Waals surface area (Å²) in [5.41, 5.74) is 0. The van der Waals surface area contributed by atoms with Crippen LogP contribution in [-0.2, 0) is 0 Å². The van der Waals surface area contributed by atoms with Crippen molar-refractivity contribution in [2.24, 2.45) is 0 Å². The quantitative estimate of drug-likeness (QED) is 0.575. The minimum absolute atomic E-state index is 0.259. The fourth-order valence-corrected chi connectivity index (χ4v) is 1.21. The van der Waals surface area contributed by atoms with Gasteiger partial charge in [-0.1, -0.05) is 52.2 Å². The average Bonchev–Trinajstić information content (AvgIpc) is 2.07. The maximum atomic E-state index is 2.28. The standard InChI is InChI=1S/C9H21B7/c1-8(2,3)11-14-16(13-10-7)15-12-9(4,5)6/h1-7H3. The Balaban J connectivity index is 3.98. The van der Waals surface area contributed by atoms with Crippen LogP contribution in [0.3, 0.4) is 0 Å². The van der Waals surface area contributed by atoms with Crippen LogP contribution in [0.5, 0.6) is 0 Å². The predicted octanol–water partition coefficient (Wildman–Crippen LogP) is 1.43. The van der Waals surface area contributed by atoms with Gasteiger partial charge in [-0.05, 0) is 0 Å². The van der Waals surface area contributed by atoms with Crippen LogP contribution in [0.15, 0.2) is 0 Å². The Morgan fingerprint density at radius 2 is 1.06 bits per heavy atom. The third-order valence-electron chi connectivity index (χ3n) is 2.05. The van der Waals surface area contributed by atoms with Gasteiger partial charge in [-0.15, -0.1) is 6.82 Å². The van der Waals surface area contributed by atoms with Crippen molar-refractivity contribution in [2.75, 3.05) is 0 Å². The van der Waals surface area contributed by atoms with Gasteiger partial charge >= 0.3 is 0 Å². The largest absolute Gasteiger partial charge is 0.101 e. The van der Waals surface area contributed by atoms with Gasteiger partial charge in [0.2, 0.25) is 0 Å². The van der Waals surface area contributed by atoms with Crippen molar-refractivity contribution in [1.29, 1.82) is 0 Å². The van der Waals surface area contributed by atoms with Crippen LogP contribution in [0, 0.1) is 0 Å². The maximum absolute atomic E-state index is 2.28. The van der Waals surface area contributed by atoms with Gasteiger partial charge < -0.3 is 0 Å². The molecule has 78 valence electrons. The lowest BCUT2D eigenvalue weighted by Gasteiger charge is -2.23. The molecule has 0 aliphatic heterocycles. The highest BCUT2D eigenvalue weighted by Gasteiger charge is 2.21. The normalized spacial score (nSPS) is 11.4. The Morgan fingerprint density at radius 3 is 1.31 bits per heavy atom. The molecule has 7 heteroatoms. The minimum Gasteiger partial charge on any atom is -0.101 e. The van der Waals surface area contributed by atoms with E-state index in [1.165, 1.54) is 0 Å². The van der Waals surface area contributed by atoms with Gasteiger partial charge in [-0.2, -0.15) is 0 Å². The van der Waals surface area contributed by atoms with Crippen LogP contribution in [0.1, 0.15) is 41.5 Å². The van der Waals surface area contributed by atoms with E-state index in [4.69, 9.17) is 0 Å². The molecular weight excluding hydrogens is 184 g/mol. The summed E-state index contributed by atoms with van der Waals surface area (Å²) in [6.45, 7) is 15.4. The van der Waals surface area contributed by atoms with E-state index < -0.39 is 0 Å². The van der Waals surface area contributed by atoms with Gasteiger partial charge in [-0.3, -0.25) is 0 Å². The number of rotatable bonds is 6. The first-order chi connectivity index (χ1) is 7.14. The first kappa shape index (κ1) is 16.5. The highest BCUT2D eigenvalue weighted by molar-refractivity contribution is 7.79. The van der Waals surface area contributed by atoms with Crippen LogP contribution in [-0.4, -0.2) is 49.1 Å². The van der Waals surface area contributed by atoms with Crippen molar-refractivity contribution in [3.8, 4) is 0 Å².